The highest BCUT2D eigenvalue weighted by Crippen LogP contribution is 2.16. The summed E-state index contributed by atoms with van der Waals surface area (Å²) in [5.74, 6) is 1.83. The van der Waals surface area contributed by atoms with Gasteiger partial charge in [0.2, 0.25) is 0 Å². The Kier molecular flexibility index (Phi) is 11.5. The number of methoxy groups -OCH3 is 1. The zero-order valence-corrected chi connectivity index (χ0v) is 18.4. The number of aromatic nitrogens is 1. The van der Waals surface area contributed by atoms with E-state index in [1.807, 2.05) is 12.3 Å². The Morgan fingerprint density at radius 1 is 1.46 bits per heavy atom. The summed E-state index contributed by atoms with van der Waals surface area (Å²) in [4.78, 5) is 11.4. The first-order valence-corrected chi connectivity index (χ1v) is 9.05. The Bertz CT molecular complexity index is 544. The number of ether oxygens (including phenoxy) is 2. The predicted octanol–water partition coefficient (Wildman–Crippen LogP) is 2.02. The van der Waals surface area contributed by atoms with Crippen molar-refractivity contribution in [1.82, 2.24) is 15.6 Å². The predicted molar refractivity (Wildman–Crippen MR) is 117 cm³/mol. The van der Waals surface area contributed by atoms with Crippen molar-refractivity contribution in [1.29, 1.82) is 0 Å². The molecule has 1 aliphatic heterocycles. The van der Waals surface area contributed by atoms with Crippen LogP contribution in [0.1, 0.15) is 25.8 Å². The minimum absolute atomic E-state index is 0. The third-order valence-electron chi connectivity index (χ3n) is 3.96. The van der Waals surface area contributed by atoms with Crippen LogP contribution in [0.4, 0.5) is 5.82 Å². The Morgan fingerprint density at radius 2 is 2.31 bits per heavy atom. The van der Waals surface area contributed by atoms with E-state index in [0.29, 0.717) is 6.54 Å². The van der Waals surface area contributed by atoms with Crippen molar-refractivity contribution in [2.75, 3.05) is 51.4 Å². The van der Waals surface area contributed by atoms with Gasteiger partial charge in [-0.15, -0.1) is 24.0 Å². The van der Waals surface area contributed by atoms with Gasteiger partial charge >= 0.3 is 0 Å². The van der Waals surface area contributed by atoms with E-state index in [-0.39, 0.29) is 30.1 Å². The van der Waals surface area contributed by atoms with Gasteiger partial charge in [-0.2, -0.15) is 0 Å². The molecule has 0 radical (unpaired) electrons. The first-order chi connectivity index (χ1) is 12.2. The zero-order valence-electron chi connectivity index (χ0n) is 16.0. The smallest absolute Gasteiger partial charge is 0.191 e. The lowest BCUT2D eigenvalue weighted by atomic mass is 10.2. The summed E-state index contributed by atoms with van der Waals surface area (Å²) in [6.07, 6.45) is 3.06. The minimum atomic E-state index is 0. The third-order valence-corrected chi connectivity index (χ3v) is 3.96. The molecule has 1 aromatic rings. The second-order valence-electron chi connectivity index (χ2n) is 6.12. The molecule has 0 saturated carbocycles. The summed E-state index contributed by atoms with van der Waals surface area (Å²) in [7, 11) is 1.72. The first-order valence-electron chi connectivity index (χ1n) is 9.05. The molecule has 26 heavy (non-hydrogen) atoms. The van der Waals surface area contributed by atoms with E-state index < -0.39 is 0 Å². The van der Waals surface area contributed by atoms with Crippen molar-refractivity contribution in [3.63, 3.8) is 0 Å². The summed E-state index contributed by atoms with van der Waals surface area (Å²) in [5.41, 5.74) is 1.15. The molecule has 0 aromatic carbocycles. The molecule has 1 aromatic heterocycles. The fourth-order valence-corrected chi connectivity index (χ4v) is 2.69. The van der Waals surface area contributed by atoms with Crippen molar-refractivity contribution >= 4 is 35.8 Å². The molecule has 7 nitrogen and oxygen atoms in total. The maximum Gasteiger partial charge on any atom is 0.191 e. The average Bonchev–Trinajstić information content (AvgIpc) is 2.63. The number of anilines is 1. The van der Waals surface area contributed by atoms with E-state index in [1.54, 1.807) is 7.11 Å². The van der Waals surface area contributed by atoms with Gasteiger partial charge in [0, 0.05) is 46.1 Å². The topological polar surface area (TPSA) is 71.0 Å². The Hall–Kier alpha value is -1.13. The summed E-state index contributed by atoms with van der Waals surface area (Å²) in [6.45, 7) is 9.72. The van der Waals surface area contributed by atoms with Gasteiger partial charge < -0.3 is 25.0 Å². The second-order valence-corrected chi connectivity index (χ2v) is 6.12. The molecule has 148 valence electrons. The van der Waals surface area contributed by atoms with Crippen molar-refractivity contribution < 1.29 is 9.47 Å². The maximum absolute atomic E-state index is 5.60. The quantitative estimate of drug-likeness (QED) is 0.259. The van der Waals surface area contributed by atoms with E-state index in [2.05, 4.69) is 45.4 Å². The third kappa shape index (κ3) is 8.05. The van der Waals surface area contributed by atoms with Gasteiger partial charge in [-0.3, -0.25) is 0 Å². The highest BCUT2D eigenvalue weighted by Gasteiger charge is 2.17. The molecule has 1 atom stereocenters. The van der Waals surface area contributed by atoms with Gasteiger partial charge in [0.15, 0.2) is 5.96 Å². The van der Waals surface area contributed by atoms with Crippen LogP contribution in [-0.4, -0.2) is 63.6 Å². The fourth-order valence-electron chi connectivity index (χ4n) is 2.69. The van der Waals surface area contributed by atoms with Crippen molar-refractivity contribution in [3.8, 4) is 0 Å². The number of pyridine rings is 1. The van der Waals surface area contributed by atoms with Crippen LogP contribution in [-0.2, 0) is 16.0 Å². The maximum atomic E-state index is 5.60. The minimum Gasteiger partial charge on any atom is -0.385 e. The summed E-state index contributed by atoms with van der Waals surface area (Å²) in [6, 6.07) is 4.14. The second kappa shape index (κ2) is 13.1. The molecule has 1 fully saturated rings. The van der Waals surface area contributed by atoms with Crippen molar-refractivity contribution in [2.45, 2.75) is 32.9 Å². The van der Waals surface area contributed by atoms with Crippen LogP contribution < -0.4 is 15.5 Å². The van der Waals surface area contributed by atoms with Crippen LogP contribution in [0, 0.1) is 0 Å². The van der Waals surface area contributed by atoms with E-state index >= 15 is 0 Å². The highest BCUT2D eigenvalue weighted by molar-refractivity contribution is 14.0. The number of halogens is 1. The Labute approximate surface area is 174 Å². The molecule has 2 heterocycles. The number of morpholine rings is 1. The molecular formula is C18H32IN5O2. The lowest BCUT2D eigenvalue weighted by molar-refractivity contribution is 0.0529. The van der Waals surface area contributed by atoms with Crippen LogP contribution in [0.2, 0.25) is 0 Å². The average molecular weight is 477 g/mol. The highest BCUT2D eigenvalue weighted by atomic mass is 127. The van der Waals surface area contributed by atoms with Gasteiger partial charge in [0.1, 0.15) is 5.82 Å². The number of guanidine groups is 1. The number of nitrogens with one attached hydrogen (secondary N) is 2. The lowest BCUT2D eigenvalue weighted by Gasteiger charge is -2.32. The van der Waals surface area contributed by atoms with Crippen molar-refractivity contribution in [3.05, 3.63) is 23.9 Å². The monoisotopic (exact) mass is 477 g/mol. The molecule has 8 heteroatoms. The van der Waals surface area contributed by atoms with E-state index in [1.165, 1.54) is 0 Å². The van der Waals surface area contributed by atoms with Crippen LogP contribution in [0.15, 0.2) is 23.3 Å². The molecule has 1 unspecified atom stereocenters. The molecule has 2 N–H and O–H groups in total. The SMILES string of the molecule is CCNC(=NCc1ccnc(N2CCOC(C)C2)c1)NCCCOC.I. The van der Waals surface area contributed by atoms with Crippen molar-refractivity contribution in [2.24, 2.45) is 4.99 Å². The molecule has 0 bridgehead atoms. The standard InChI is InChI=1S/C18H31N5O2.HI/c1-4-19-18(21-7-5-10-24-3)22-13-16-6-8-20-17(12-16)23-9-11-25-15(2)14-23;/h6,8,12,15H,4-5,7,9-11,13-14H2,1-3H3,(H2,19,21,22);1H. The molecule has 0 amide bonds. The van der Waals surface area contributed by atoms with Crippen LogP contribution in [0.3, 0.4) is 0 Å². The van der Waals surface area contributed by atoms with Gasteiger partial charge in [0.25, 0.3) is 0 Å². The van der Waals surface area contributed by atoms with E-state index in [0.717, 1.165) is 63.2 Å². The van der Waals surface area contributed by atoms with Gasteiger partial charge in [0.05, 0.1) is 19.3 Å². The Balaban J connectivity index is 0.00000338. The molecule has 0 spiro atoms. The number of hydrogen-bond acceptors (Lipinski definition) is 5. The van der Waals surface area contributed by atoms with Crippen LogP contribution >= 0.6 is 24.0 Å². The van der Waals surface area contributed by atoms with E-state index in [9.17, 15) is 0 Å². The largest absolute Gasteiger partial charge is 0.385 e. The summed E-state index contributed by atoms with van der Waals surface area (Å²) >= 11 is 0. The fraction of sp³-hybridized carbons (Fsp3) is 0.667. The molecule has 1 aliphatic rings. The molecule has 2 rings (SSSR count). The summed E-state index contributed by atoms with van der Waals surface area (Å²) < 4.78 is 10.7. The lowest BCUT2D eigenvalue weighted by Crippen LogP contribution is -2.41. The number of rotatable bonds is 8. The van der Waals surface area contributed by atoms with E-state index in [4.69, 9.17) is 9.47 Å². The zero-order chi connectivity index (χ0) is 17.9. The number of aliphatic imine (C=N–C) groups is 1. The number of nitrogens with zero attached hydrogens (tertiary/aromatic N) is 3. The molecule has 0 aliphatic carbocycles. The summed E-state index contributed by atoms with van der Waals surface area (Å²) in [5, 5.41) is 6.59. The molecular weight excluding hydrogens is 445 g/mol. The van der Waals surface area contributed by atoms with Crippen LogP contribution in [0.25, 0.3) is 0 Å². The van der Waals surface area contributed by atoms with Gasteiger partial charge in [-0.1, -0.05) is 0 Å². The van der Waals surface area contributed by atoms with Crippen LogP contribution in [0.5, 0.6) is 0 Å². The first kappa shape index (κ1) is 22.9. The van der Waals surface area contributed by atoms with Gasteiger partial charge in [-0.05, 0) is 38.0 Å². The van der Waals surface area contributed by atoms with Gasteiger partial charge in [-0.25, -0.2) is 9.98 Å². The normalized spacial score (nSPS) is 17.6. The number of hydrogen-bond donors (Lipinski definition) is 2. The molecule has 1 saturated heterocycles. The Morgan fingerprint density at radius 3 is 3.04 bits per heavy atom.